The van der Waals surface area contributed by atoms with Gasteiger partial charge in [-0.25, -0.2) is 4.39 Å². The number of ketones is 1. The van der Waals surface area contributed by atoms with Crippen LogP contribution < -0.4 is 5.32 Å². The molecule has 1 N–H and O–H groups in total. The minimum atomic E-state index is -0.728. The molecule has 4 aromatic rings. The van der Waals surface area contributed by atoms with Crippen LogP contribution in [0.25, 0.3) is 16.6 Å². The number of hydrogen-bond acceptors (Lipinski definition) is 2. The first kappa shape index (κ1) is 16.7. The van der Waals surface area contributed by atoms with Crippen LogP contribution >= 0.6 is 0 Å². The zero-order valence-electron chi connectivity index (χ0n) is 14.2. The monoisotopic (exact) mass is 358 g/mol. The smallest absolute Gasteiger partial charge is 0.298 e. The molecule has 0 unspecified atom stereocenters. The van der Waals surface area contributed by atoms with Crippen molar-refractivity contribution in [3.05, 3.63) is 96.6 Å². The van der Waals surface area contributed by atoms with Crippen molar-refractivity contribution >= 4 is 22.9 Å². The summed E-state index contributed by atoms with van der Waals surface area (Å²) in [6.45, 7) is 0. The number of carbonyl (C=O) groups excluding carboxylic acids is 2. The topological polar surface area (TPSA) is 50.6 Å². The molecule has 0 radical (unpaired) electrons. The average molecular weight is 358 g/mol. The number of benzene rings is 2. The maximum absolute atomic E-state index is 13.3. The Hall–Kier alpha value is -3.73. The predicted molar refractivity (Wildman–Crippen MR) is 102 cm³/mol. The van der Waals surface area contributed by atoms with Gasteiger partial charge < -0.3 is 9.72 Å². The summed E-state index contributed by atoms with van der Waals surface area (Å²) in [6, 6.07) is 21.9. The van der Waals surface area contributed by atoms with Crippen molar-refractivity contribution in [2.75, 3.05) is 5.32 Å². The SMILES string of the molecule is O=C(Nc1ccccc1)C(=O)c1c(-c2ccc(F)cc2)cc2ccccn12. The van der Waals surface area contributed by atoms with E-state index in [0.29, 0.717) is 16.8 Å². The summed E-state index contributed by atoms with van der Waals surface area (Å²) in [5, 5.41) is 2.62. The Morgan fingerprint density at radius 2 is 1.56 bits per heavy atom. The summed E-state index contributed by atoms with van der Waals surface area (Å²) in [5.41, 5.74) is 2.80. The van der Waals surface area contributed by atoms with Crippen molar-refractivity contribution in [1.29, 1.82) is 0 Å². The van der Waals surface area contributed by atoms with E-state index in [4.69, 9.17) is 0 Å². The fourth-order valence-electron chi connectivity index (χ4n) is 3.02. The van der Waals surface area contributed by atoms with Gasteiger partial charge in [0, 0.05) is 23.0 Å². The summed E-state index contributed by atoms with van der Waals surface area (Å²) in [7, 11) is 0. The summed E-state index contributed by atoms with van der Waals surface area (Å²) in [6.07, 6.45) is 1.73. The summed E-state index contributed by atoms with van der Waals surface area (Å²) in [5.74, 6) is -1.75. The molecule has 0 saturated heterocycles. The lowest BCUT2D eigenvalue weighted by Crippen LogP contribution is -2.24. The van der Waals surface area contributed by atoms with E-state index in [9.17, 15) is 14.0 Å². The number of halogens is 1. The van der Waals surface area contributed by atoms with Crippen molar-refractivity contribution in [2.45, 2.75) is 0 Å². The number of pyridine rings is 1. The normalized spacial score (nSPS) is 10.7. The lowest BCUT2D eigenvalue weighted by molar-refractivity contribution is -0.112. The van der Waals surface area contributed by atoms with Crippen LogP contribution in [0, 0.1) is 5.82 Å². The minimum absolute atomic E-state index is 0.241. The molecule has 0 aliphatic heterocycles. The van der Waals surface area contributed by atoms with Crippen molar-refractivity contribution in [1.82, 2.24) is 4.40 Å². The molecule has 0 atom stereocenters. The van der Waals surface area contributed by atoms with Gasteiger partial charge in [0.1, 0.15) is 11.5 Å². The highest BCUT2D eigenvalue weighted by molar-refractivity contribution is 6.47. The number of para-hydroxylation sites is 1. The number of nitrogens with one attached hydrogen (secondary N) is 1. The molecule has 4 rings (SSSR count). The zero-order chi connectivity index (χ0) is 18.8. The zero-order valence-corrected chi connectivity index (χ0v) is 14.2. The van der Waals surface area contributed by atoms with Gasteiger partial charge in [0.2, 0.25) is 0 Å². The van der Waals surface area contributed by atoms with Gasteiger partial charge in [-0.3, -0.25) is 9.59 Å². The highest BCUT2D eigenvalue weighted by Crippen LogP contribution is 2.28. The molecule has 0 bridgehead atoms. The molecule has 1 amide bonds. The molecule has 0 aliphatic rings. The average Bonchev–Trinajstić information content (AvgIpc) is 3.08. The van der Waals surface area contributed by atoms with Crippen LogP contribution in [-0.4, -0.2) is 16.1 Å². The van der Waals surface area contributed by atoms with Gasteiger partial charge in [-0.15, -0.1) is 0 Å². The Kier molecular flexibility index (Phi) is 4.26. The molecule has 0 spiro atoms. The second kappa shape index (κ2) is 6.88. The molecular formula is C22H15FN2O2. The van der Waals surface area contributed by atoms with Gasteiger partial charge in [-0.1, -0.05) is 36.4 Å². The maximum Gasteiger partial charge on any atom is 0.298 e. The lowest BCUT2D eigenvalue weighted by atomic mass is 10.0. The number of anilines is 1. The molecule has 2 aromatic heterocycles. The molecule has 27 heavy (non-hydrogen) atoms. The number of fused-ring (bicyclic) bond motifs is 1. The van der Waals surface area contributed by atoms with E-state index in [0.717, 1.165) is 5.52 Å². The number of rotatable bonds is 4. The quantitative estimate of drug-likeness (QED) is 0.429. The molecule has 0 fully saturated rings. The number of amides is 1. The molecule has 0 aliphatic carbocycles. The highest BCUT2D eigenvalue weighted by Gasteiger charge is 2.24. The van der Waals surface area contributed by atoms with Crippen LogP contribution in [0.5, 0.6) is 0 Å². The third-order valence-electron chi connectivity index (χ3n) is 4.29. The Morgan fingerprint density at radius 1 is 0.852 bits per heavy atom. The largest absolute Gasteiger partial charge is 0.319 e. The molecular weight excluding hydrogens is 343 g/mol. The van der Waals surface area contributed by atoms with Gasteiger partial charge in [-0.2, -0.15) is 0 Å². The van der Waals surface area contributed by atoms with E-state index in [-0.39, 0.29) is 11.5 Å². The van der Waals surface area contributed by atoms with Gasteiger partial charge >= 0.3 is 0 Å². The Labute approximate surface area is 154 Å². The first-order valence-electron chi connectivity index (χ1n) is 8.40. The molecule has 132 valence electrons. The fourth-order valence-corrected chi connectivity index (χ4v) is 3.02. The predicted octanol–water partition coefficient (Wildman–Crippen LogP) is 4.57. The summed E-state index contributed by atoms with van der Waals surface area (Å²) >= 11 is 0. The van der Waals surface area contributed by atoms with E-state index >= 15 is 0 Å². The summed E-state index contributed by atoms with van der Waals surface area (Å²) in [4.78, 5) is 25.5. The second-order valence-electron chi connectivity index (χ2n) is 6.06. The molecule has 4 nitrogen and oxygen atoms in total. The molecule has 2 aromatic carbocycles. The molecule has 0 saturated carbocycles. The van der Waals surface area contributed by atoms with Gasteiger partial charge in [-0.05, 0) is 48.0 Å². The van der Waals surface area contributed by atoms with Crippen LogP contribution in [0.3, 0.4) is 0 Å². The summed E-state index contributed by atoms with van der Waals surface area (Å²) < 4.78 is 15.0. The van der Waals surface area contributed by atoms with Crippen LogP contribution in [0.2, 0.25) is 0 Å². The van der Waals surface area contributed by atoms with Crippen LogP contribution in [0.1, 0.15) is 10.5 Å². The van der Waals surface area contributed by atoms with Crippen molar-refractivity contribution in [2.24, 2.45) is 0 Å². The van der Waals surface area contributed by atoms with E-state index in [1.807, 2.05) is 24.3 Å². The van der Waals surface area contributed by atoms with E-state index < -0.39 is 11.7 Å². The Balaban J connectivity index is 1.79. The number of aromatic nitrogens is 1. The second-order valence-corrected chi connectivity index (χ2v) is 6.06. The van der Waals surface area contributed by atoms with Crippen molar-refractivity contribution in [3.63, 3.8) is 0 Å². The molecule has 5 heteroatoms. The van der Waals surface area contributed by atoms with Gasteiger partial charge in [0.25, 0.3) is 11.7 Å². The van der Waals surface area contributed by atoms with Crippen LogP contribution in [0.4, 0.5) is 10.1 Å². The first-order chi connectivity index (χ1) is 13.1. The van der Waals surface area contributed by atoms with Gasteiger partial charge in [0.15, 0.2) is 0 Å². The number of hydrogen-bond donors (Lipinski definition) is 1. The minimum Gasteiger partial charge on any atom is -0.319 e. The van der Waals surface area contributed by atoms with Crippen molar-refractivity contribution in [3.8, 4) is 11.1 Å². The Morgan fingerprint density at radius 3 is 2.30 bits per heavy atom. The van der Waals surface area contributed by atoms with E-state index in [1.165, 1.54) is 12.1 Å². The number of Topliss-reactive ketones (excluding diaryl/α,β-unsaturated/α-hetero) is 1. The molecule has 2 heterocycles. The van der Waals surface area contributed by atoms with Crippen LogP contribution in [-0.2, 0) is 4.79 Å². The first-order valence-corrected chi connectivity index (χ1v) is 8.40. The lowest BCUT2D eigenvalue weighted by Gasteiger charge is -2.07. The van der Waals surface area contributed by atoms with Gasteiger partial charge in [0.05, 0.1) is 0 Å². The van der Waals surface area contributed by atoms with Crippen molar-refractivity contribution < 1.29 is 14.0 Å². The standard InChI is InChI=1S/C22H15FN2O2/c23-16-11-9-15(10-12-16)19-14-18-8-4-5-13-25(18)20(19)21(26)22(27)24-17-6-2-1-3-7-17/h1-14H,(H,24,27). The maximum atomic E-state index is 13.3. The van der Waals surface area contributed by atoms with E-state index in [1.54, 1.807) is 53.1 Å². The van der Waals surface area contributed by atoms with Crippen LogP contribution in [0.15, 0.2) is 85.1 Å². The number of nitrogens with zero attached hydrogens (tertiary/aromatic N) is 1. The fraction of sp³-hybridized carbons (Fsp3) is 0. The third kappa shape index (κ3) is 3.22. The Bertz CT molecular complexity index is 1130. The highest BCUT2D eigenvalue weighted by atomic mass is 19.1. The third-order valence-corrected chi connectivity index (χ3v) is 4.29. The van der Waals surface area contributed by atoms with E-state index in [2.05, 4.69) is 5.32 Å². The number of carbonyl (C=O) groups is 2.